The van der Waals surface area contributed by atoms with Gasteiger partial charge in [0, 0.05) is 6.20 Å². The van der Waals surface area contributed by atoms with Crippen molar-refractivity contribution in [2.24, 2.45) is 0 Å². The summed E-state index contributed by atoms with van der Waals surface area (Å²) in [5.41, 5.74) is 1.67. The van der Waals surface area contributed by atoms with Crippen LogP contribution < -0.4 is 14.8 Å². The van der Waals surface area contributed by atoms with Crippen molar-refractivity contribution in [2.75, 3.05) is 21.3 Å². The predicted octanol–water partition coefficient (Wildman–Crippen LogP) is 3.71. The Hall–Kier alpha value is -1.49. The van der Waals surface area contributed by atoms with Crippen LogP contribution in [0.15, 0.2) is 30.5 Å². The molecule has 4 nitrogen and oxygen atoms in total. The van der Waals surface area contributed by atoms with Gasteiger partial charge in [0.1, 0.15) is 0 Å². The third-order valence-electron chi connectivity index (χ3n) is 3.14. The molecule has 0 fully saturated rings. The summed E-state index contributed by atoms with van der Waals surface area (Å²) in [5.74, 6) is 1.33. The fraction of sp³-hybridized carbons (Fsp3) is 0.267. The maximum atomic E-state index is 6.24. The van der Waals surface area contributed by atoms with Crippen LogP contribution in [0.4, 0.5) is 0 Å². The van der Waals surface area contributed by atoms with Crippen LogP contribution in [0.5, 0.6) is 11.5 Å². The molecule has 112 valence electrons. The third kappa shape index (κ3) is 3.40. The molecule has 0 aliphatic carbocycles. The first kappa shape index (κ1) is 15.9. The van der Waals surface area contributed by atoms with E-state index in [9.17, 15) is 0 Å². The third-order valence-corrected chi connectivity index (χ3v) is 3.65. The minimum absolute atomic E-state index is 0.172. The molecule has 0 saturated heterocycles. The van der Waals surface area contributed by atoms with Crippen molar-refractivity contribution in [1.82, 2.24) is 10.3 Å². The molecule has 1 aromatic heterocycles. The fourth-order valence-electron chi connectivity index (χ4n) is 2.13. The zero-order valence-electron chi connectivity index (χ0n) is 12.0. The molecule has 1 atom stereocenters. The molecule has 1 heterocycles. The molecule has 0 aliphatic rings. The van der Waals surface area contributed by atoms with Gasteiger partial charge in [-0.2, -0.15) is 0 Å². The fourth-order valence-corrected chi connectivity index (χ4v) is 2.62. The summed E-state index contributed by atoms with van der Waals surface area (Å²) in [6, 6.07) is 7.19. The van der Waals surface area contributed by atoms with Crippen molar-refractivity contribution >= 4 is 23.2 Å². The average Bonchev–Trinajstić information content (AvgIpc) is 2.49. The summed E-state index contributed by atoms with van der Waals surface area (Å²) >= 11 is 12.1. The number of hydrogen-bond acceptors (Lipinski definition) is 4. The van der Waals surface area contributed by atoms with Crippen LogP contribution in [0.2, 0.25) is 10.0 Å². The van der Waals surface area contributed by atoms with E-state index in [4.69, 9.17) is 32.7 Å². The summed E-state index contributed by atoms with van der Waals surface area (Å²) in [5, 5.41) is 4.21. The van der Waals surface area contributed by atoms with E-state index in [2.05, 4.69) is 10.3 Å². The number of rotatable bonds is 5. The molecule has 0 saturated carbocycles. The van der Waals surface area contributed by atoms with Crippen LogP contribution in [0.1, 0.15) is 17.3 Å². The van der Waals surface area contributed by atoms with Crippen LogP contribution in [-0.2, 0) is 0 Å². The van der Waals surface area contributed by atoms with Crippen LogP contribution >= 0.6 is 23.2 Å². The molecule has 1 aromatic carbocycles. The molecular weight excluding hydrogens is 311 g/mol. The van der Waals surface area contributed by atoms with Crippen molar-refractivity contribution in [1.29, 1.82) is 0 Å². The standard InChI is InChI=1S/C15H16Cl2N2O2/c1-18-14(15-11(17)7-10(16)8-19-15)9-4-5-12(20-2)13(6-9)21-3/h4-8,14,18H,1-3H3. The molecule has 6 heteroatoms. The average molecular weight is 327 g/mol. The van der Waals surface area contributed by atoms with Crippen molar-refractivity contribution in [3.63, 3.8) is 0 Å². The highest BCUT2D eigenvalue weighted by molar-refractivity contribution is 6.34. The summed E-state index contributed by atoms with van der Waals surface area (Å²) in [6.07, 6.45) is 1.58. The number of pyridine rings is 1. The van der Waals surface area contributed by atoms with Crippen molar-refractivity contribution < 1.29 is 9.47 Å². The van der Waals surface area contributed by atoms with Crippen LogP contribution in [-0.4, -0.2) is 26.3 Å². The molecule has 0 aliphatic heterocycles. The molecule has 2 rings (SSSR count). The summed E-state index contributed by atoms with van der Waals surface area (Å²) in [6.45, 7) is 0. The highest BCUT2D eigenvalue weighted by Gasteiger charge is 2.19. The molecule has 2 aromatic rings. The van der Waals surface area contributed by atoms with Gasteiger partial charge >= 0.3 is 0 Å². The van der Waals surface area contributed by atoms with Crippen molar-refractivity contribution in [3.8, 4) is 11.5 Å². The number of ether oxygens (including phenoxy) is 2. The Labute approximate surface area is 134 Å². The molecule has 0 radical (unpaired) electrons. The Morgan fingerprint density at radius 3 is 2.38 bits per heavy atom. The van der Waals surface area contributed by atoms with Crippen LogP contribution in [0, 0.1) is 0 Å². The number of nitrogens with one attached hydrogen (secondary N) is 1. The topological polar surface area (TPSA) is 43.4 Å². The van der Waals surface area contributed by atoms with Gasteiger partial charge in [0.25, 0.3) is 0 Å². The first-order valence-electron chi connectivity index (χ1n) is 6.30. The molecule has 1 N–H and O–H groups in total. The van der Waals surface area contributed by atoms with Gasteiger partial charge in [0.05, 0.1) is 36.0 Å². The first-order valence-corrected chi connectivity index (χ1v) is 7.06. The Balaban J connectivity index is 2.46. The maximum absolute atomic E-state index is 6.24. The zero-order valence-corrected chi connectivity index (χ0v) is 13.5. The zero-order chi connectivity index (χ0) is 15.4. The van der Waals surface area contributed by atoms with E-state index in [0.29, 0.717) is 27.2 Å². The Morgan fingerprint density at radius 2 is 1.81 bits per heavy atom. The lowest BCUT2D eigenvalue weighted by atomic mass is 10.0. The van der Waals surface area contributed by atoms with E-state index in [0.717, 1.165) is 5.56 Å². The molecular formula is C15H16Cl2N2O2. The van der Waals surface area contributed by atoms with Crippen molar-refractivity contribution in [3.05, 3.63) is 51.8 Å². The normalized spacial score (nSPS) is 12.0. The second-order valence-electron chi connectivity index (χ2n) is 4.36. The number of aromatic nitrogens is 1. The van der Waals surface area contributed by atoms with Gasteiger partial charge in [0.15, 0.2) is 11.5 Å². The van der Waals surface area contributed by atoms with Gasteiger partial charge in [-0.25, -0.2) is 0 Å². The van der Waals surface area contributed by atoms with Gasteiger partial charge in [-0.05, 0) is 30.8 Å². The second-order valence-corrected chi connectivity index (χ2v) is 5.20. The number of methoxy groups -OCH3 is 2. The monoisotopic (exact) mass is 326 g/mol. The lowest BCUT2D eigenvalue weighted by Crippen LogP contribution is -2.19. The lowest BCUT2D eigenvalue weighted by Gasteiger charge is -2.19. The molecule has 21 heavy (non-hydrogen) atoms. The summed E-state index contributed by atoms with van der Waals surface area (Å²) in [7, 11) is 5.04. The van der Waals surface area contributed by atoms with Crippen LogP contribution in [0.25, 0.3) is 0 Å². The summed E-state index contributed by atoms with van der Waals surface area (Å²) < 4.78 is 10.6. The van der Waals surface area contributed by atoms with Gasteiger partial charge in [-0.1, -0.05) is 29.3 Å². The lowest BCUT2D eigenvalue weighted by molar-refractivity contribution is 0.354. The van der Waals surface area contributed by atoms with Gasteiger partial charge in [-0.3, -0.25) is 4.98 Å². The number of benzene rings is 1. The van der Waals surface area contributed by atoms with Gasteiger partial charge < -0.3 is 14.8 Å². The Morgan fingerprint density at radius 1 is 1.10 bits per heavy atom. The second kappa shape index (κ2) is 6.98. The van der Waals surface area contributed by atoms with Gasteiger partial charge in [-0.15, -0.1) is 0 Å². The van der Waals surface area contributed by atoms with Crippen LogP contribution in [0.3, 0.4) is 0 Å². The first-order chi connectivity index (χ1) is 10.1. The molecule has 0 bridgehead atoms. The van der Waals surface area contributed by atoms with Gasteiger partial charge in [0.2, 0.25) is 0 Å². The molecule has 0 spiro atoms. The highest BCUT2D eigenvalue weighted by Crippen LogP contribution is 2.33. The quantitative estimate of drug-likeness (QED) is 0.909. The maximum Gasteiger partial charge on any atom is 0.161 e. The predicted molar refractivity (Wildman–Crippen MR) is 84.7 cm³/mol. The molecule has 0 amide bonds. The number of hydrogen-bond donors (Lipinski definition) is 1. The van der Waals surface area contributed by atoms with E-state index >= 15 is 0 Å². The van der Waals surface area contributed by atoms with E-state index in [1.54, 1.807) is 26.5 Å². The van der Waals surface area contributed by atoms with E-state index in [1.807, 2.05) is 25.2 Å². The minimum atomic E-state index is -0.172. The smallest absolute Gasteiger partial charge is 0.161 e. The Kier molecular flexibility index (Phi) is 5.28. The largest absolute Gasteiger partial charge is 0.493 e. The number of halogens is 2. The van der Waals surface area contributed by atoms with E-state index in [-0.39, 0.29) is 6.04 Å². The number of nitrogens with zero attached hydrogens (tertiary/aromatic N) is 1. The molecule has 1 unspecified atom stereocenters. The highest BCUT2D eigenvalue weighted by atomic mass is 35.5. The van der Waals surface area contributed by atoms with E-state index in [1.165, 1.54) is 0 Å². The van der Waals surface area contributed by atoms with E-state index < -0.39 is 0 Å². The minimum Gasteiger partial charge on any atom is -0.493 e. The van der Waals surface area contributed by atoms with Crippen molar-refractivity contribution in [2.45, 2.75) is 6.04 Å². The Bertz CT molecular complexity index is 635. The summed E-state index contributed by atoms with van der Waals surface area (Å²) in [4.78, 5) is 4.32. The SMILES string of the molecule is CNC(c1ccc(OC)c(OC)c1)c1ncc(Cl)cc1Cl.